The molecule has 4 aliphatic rings. The van der Waals surface area contributed by atoms with Gasteiger partial charge in [0.2, 0.25) is 0 Å². The Hall–Kier alpha value is -1.60. The molecule has 1 heteroatoms. The number of aliphatic hydroxyl groups excluding tert-OH is 1. The van der Waals surface area contributed by atoms with Crippen LogP contribution in [-0.2, 0) is 0 Å². The molecule has 23 heavy (non-hydrogen) atoms. The molecule has 118 valence electrons. The normalized spacial score (nSPS) is 41.7. The molecule has 4 atom stereocenters. The topological polar surface area (TPSA) is 20.2 Å². The predicted octanol–water partition coefficient (Wildman–Crippen LogP) is 4.84. The van der Waals surface area contributed by atoms with E-state index in [9.17, 15) is 5.11 Å². The minimum Gasteiger partial charge on any atom is -0.391 e. The highest BCUT2D eigenvalue weighted by Crippen LogP contribution is 2.76. The van der Waals surface area contributed by atoms with Crippen LogP contribution < -0.4 is 0 Å². The molecule has 0 radical (unpaired) electrons. The van der Waals surface area contributed by atoms with Crippen LogP contribution in [0.1, 0.15) is 44.7 Å². The van der Waals surface area contributed by atoms with Gasteiger partial charge in [0.25, 0.3) is 0 Å². The minimum absolute atomic E-state index is 0.0000706. The van der Waals surface area contributed by atoms with Crippen molar-refractivity contribution in [1.29, 1.82) is 0 Å². The zero-order valence-electron chi connectivity index (χ0n) is 14.1. The van der Waals surface area contributed by atoms with Crippen LogP contribution in [0.3, 0.4) is 0 Å². The summed E-state index contributed by atoms with van der Waals surface area (Å²) < 4.78 is 0. The Morgan fingerprint density at radius 3 is 2.65 bits per heavy atom. The number of fused-ring (bicyclic) bond motifs is 7. The molecule has 5 rings (SSSR count). The van der Waals surface area contributed by atoms with Crippen molar-refractivity contribution >= 4 is 11.6 Å². The summed E-state index contributed by atoms with van der Waals surface area (Å²) in [7, 11) is 0. The van der Waals surface area contributed by atoms with E-state index in [-0.39, 0.29) is 22.3 Å². The first-order valence-corrected chi connectivity index (χ1v) is 8.82. The molecule has 2 fully saturated rings. The molecule has 0 heterocycles. The van der Waals surface area contributed by atoms with Crippen molar-refractivity contribution in [2.45, 2.75) is 39.7 Å². The minimum atomic E-state index is -0.302. The van der Waals surface area contributed by atoms with E-state index in [0.29, 0.717) is 5.92 Å². The number of rotatable bonds is 0. The quantitative estimate of drug-likeness (QED) is 0.727. The highest BCUT2D eigenvalue weighted by molar-refractivity contribution is 5.98. The van der Waals surface area contributed by atoms with Gasteiger partial charge < -0.3 is 5.11 Å². The largest absolute Gasteiger partial charge is 0.391 e. The molecule has 4 aliphatic carbocycles. The lowest BCUT2D eigenvalue weighted by molar-refractivity contribution is -0.0226. The summed E-state index contributed by atoms with van der Waals surface area (Å²) in [5.74, 6) is 0.510. The Bertz CT molecular complexity index is 809. The molecule has 0 aliphatic heterocycles. The zero-order valence-corrected chi connectivity index (χ0v) is 14.1. The van der Waals surface area contributed by atoms with Gasteiger partial charge in [0.1, 0.15) is 0 Å². The Morgan fingerprint density at radius 2 is 1.91 bits per heavy atom. The van der Waals surface area contributed by atoms with Crippen LogP contribution in [0.4, 0.5) is 0 Å². The molecule has 0 aromatic heterocycles. The lowest BCUT2D eigenvalue weighted by Gasteiger charge is -2.45. The molecule has 4 unspecified atom stereocenters. The fourth-order valence-electron chi connectivity index (χ4n) is 6.29. The summed E-state index contributed by atoms with van der Waals surface area (Å²) >= 11 is 0. The van der Waals surface area contributed by atoms with Crippen molar-refractivity contribution in [3.05, 3.63) is 59.2 Å². The Kier molecular flexibility index (Phi) is 2.34. The van der Waals surface area contributed by atoms with Gasteiger partial charge in [0.15, 0.2) is 0 Å². The average Bonchev–Trinajstić information content (AvgIpc) is 3.06. The van der Waals surface area contributed by atoms with Gasteiger partial charge in [0.05, 0.1) is 6.10 Å². The third kappa shape index (κ3) is 1.28. The van der Waals surface area contributed by atoms with Crippen molar-refractivity contribution in [1.82, 2.24) is 0 Å². The Morgan fingerprint density at radius 1 is 1.13 bits per heavy atom. The van der Waals surface area contributed by atoms with Crippen molar-refractivity contribution in [3.8, 4) is 0 Å². The molecule has 1 nitrogen and oxygen atoms in total. The van der Waals surface area contributed by atoms with Crippen LogP contribution in [0.25, 0.3) is 11.6 Å². The van der Waals surface area contributed by atoms with Gasteiger partial charge in [-0.1, -0.05) is 63.3 Å². The third-order valence-corrected chi connectivity index (χ3v) is 7.87. The summed E-state index contributed by atoms with van der Waals surface area (Å²) in [5.41, 5.74) is 5.26. The first-order chi connectivity index (χ1) is 10.9. The number of benzene rings is 1. The summed E-state index contributed by atoms with van der Waals surface area (Å²) in [6.07, 6.45) is 11.1. The number of hydrogen-bond donors (Lipinski definition) is 1. The van der Waals surface area contributed by atoms with Gasteiger partial charge in [-0.2, -0.15) is 0 Å². The molecule has 0 amide bonds. The SMILES string of the molecule is CC1(C)C2CCC1(C)C(O)C21C=CC=C2C1=Cc1ccccc12. The number of hydrogen-bond acceptors (Lipinski definition) is 1. The third-order valence-electron chi connectivity index (χ3n) is 7.87. The van der Waals surface area contributed by atoms with Crippen LogP contribution in [0.5, 0.6) is 0 Å². The molecule has 1 aromatic carbocycles. The van der Waals surface area contributed by atoms with E-state index in [1.165, 1.54) is 28.7 Å². The molecular formula is C22H24O. The standard InChI is InChI=1S/C22H24O/c1-20(2)18-10-12-21(20,3)19(23)22(18)11-6-9-16-15-8-5-4-7-14(15)13-17(16)22/h4-9,11,13,18-19,23H,10,12H2,1-3H3. The van der Waals surface area contributed by atoms with Crippen LogP contribution in [0, 0.1) is 22.2 Å². The lowest BCUT2D eigenvalue weighted by atomic mass is 9.61. The second-order valence-electron chi connectivity index (χ2n) is 8.65. The average molecular weight is 304 g/mol. The van der Waals surface area contributed by atoms with E-state index in [4.69, 9.17) is 0 Å². The van der Waals surface area contributed by atoms with Crippen LogP contribution >= 0.6 is 0 Å². The highest BCUT2D eigenvalue weighted by Gasteiger charge is 2.73. The van der Waals surface area contributed by atoms with E-state index >= 15 is 0 Å². The van der Waals surface area contributed by atoms with Crippen LogP contribution in [0.2, 0.25) is 0 Å². The molecule has 1 spiro atoms. The van der Waals surface area contributed by atoms with Crippen LogP contribution in [0.15, 0.2) is 48.1 Å². The maximum Gasteiger partial charge on any atom is 0.0733 e. The monoisotopic (exact) mass is 304 g/mol. The summed E-state index contributed by atoms with van der Waals surface area (Å²) in [6.45, 7) is 7.05. The molecule has 1 N–H and O–H groups in total. The Balaban J connectivity index is 1.75. The summed E-state index contributed by atoms with van der Waals surface area (Å²) in [4.78, 5) is 0. The Labute approximate surface area is 138 Å². The van der Waals surface area contributed by atoms with Gasteiger partial charge in [-0.25, -0.2) is 0 Å². The number of aliphatic hydroxyl groups is 1. The van der Waals surface area contributed by atoms with Crippen molar-refractivity contribution < 1.29 is 5.11 Å². The maximum absolute atomic E-state index is 11.5. The van der Waals surface area contributed by atoms with Gasteiger partial charge in [-0.05, 0) is 52.5 Å². The van der Waals surface area contributed by atoms with E-state index < -0.39 is 0 Å². The van der Waals surface area contributed by atoms with Gasteiger partial charge in [-0.3, -0.25) is 0 Å². The first-order valence-electron chi connectivity index (χ1n) is 8.82. The van der Waals surface area contributed by atoms with Gasteiger partial charge in [-0.15, -0.1) is 0 Å². The predicted molar refractivity (Wildman–Crippen MR) is 94.6 cm³/mol. The highest BCUT2D eigenvalue weighted by atomic mass is 16.3. The second kappa shape index (κ2) is 3.89. The first kappa shape index (κ1) is 13.8. The smallest absolute Gasteiger partial charge is 0.0733 e. The second-order valence-corrected chi connectivity index (χ2v) is 8.65. The summed E-state index contributed by atoms with van der Waals surface area (Å²) in [5, 5.41) is 11.5. The number of allylic oxidation sites excluding steroid dienone is 3. The van der Waals surface area contributed by atoms with Crippen LogP contribution in [-0.4, -0.2) is 11.2 Å². The fourth-order valence-corrected chi connectivity index (χ4v) is 6.29. The van der Waals surface area contributed by atoms with E-state index in [0.717, 1.165) is 6.42 Å². The molecular weight excluding hydrogens is 280 g/mol. The van der Waals surface area contributed by atoms with Gasteiger partial charge in [0, 0.05) is 10.8 Å². The molecule has 2 saturated carbocycles. The van der Waals surface area contributed by atoms with Gasteiger partial charge >= 0.3 is 0 Å². The van der Waals surface area contributed by atoms with E-state index in [1.54, 1.807) is 0 Å². The fraction of sp³-hybridized carbons (Fsp3) is 0.455. The van der Waals surface area contributed by atoms with Crippen molar-refractivity contribution in [2.24, 2.45) is 22.2 Å². The van der Waals surface area contributed by atoms with E-state index in [1.807, 2.05) is 0 Å². The van der Waals surface area contributed by atoms with E-state index in [2.05, 4.69) is 69.3 Å². The van der Waals surface area contributed by atoms with Crippen molar-refractivity contribution in [3.63, 3.8) is 0 Å². The van der Waals surface area contributed by atoms with Crippen molar-refractivity contribution in [2.75, 3.05) is 0 Å². The lowest BCUT2D eigenvalue weighted by Crippen LogP contribution is -2.45. The molecule has 1 aromatic rings. The molecule has 0 saturated heterocycles. The molecule has 2 bridgehead atoms. The maximum atomic E-state index is 11.5. The zero-order chi connectivity index (χ0) is 16.0. The summed E-state index contributed by atoms with van der Waals surface area (Å²) in [6, 6.07) is 8.63.